The van der Waals surface area contributed by atoms with Crippen molar-refractivity contribution in [1.29, 1.82) is 0 Å². The molecule has 2 heterocycles. The third-order valence-corrected chi connectivity index (χ3v) is 3.81. The first-order valence-electron chi connectivity index (χ1n) is 6.39. The van der Waals surface area contributed by atoms with Gasteiger partial charge in [-0.05, 0) is 32.2 Å². The standard InChI is InChI=1S/C12H19N3O/c1-2-5-12(6-7-13-8-12)11-14-10(15-16-11)9-3-4-9/h9,13H,2-8H2,1H3. The molecule has 4 nitrogen and oxygen atoms in total. The average Bonchev–Trinajstić information content (AvgIpc) is 2.83. The molecule has 0 aromatic carbocycles. The fourth-order valence-corrected chi connectivity index (χ4v) is 2.68. The fourth-order valence-electron chi connectivity index (χ4n) is 2.68. The highest BCUT2D eigenvalue weighted by Gasteiger charge is 2.41. The van der Waals surface area contributed by atoms with Gasteiger partial charge in [0.05, 0.1) is 5.41 Å². The van der Waals surface area contributed by atoms with Crippen molar-refractivity contribution in [2.45, 2.75) is 50.4 Å². The summed E-state index contributed by atoms with van der Waals surface area (Å²) in [5, 5.41) is 7.56. The molecule has 1 aliphatic heterocycles. The minimum Gasteiger partial charge on any atom is -0.339 e. The molecular weight excluding hydrogens is 202 g/mol. The van der Waals surface area contributed by atoms with Crippen LogP contribution in [-0.2, 0) is 5.41 Å². The lowest BCUT2D eigenvalue weighted by molar-refractivity contribution is 0.276. The monoisotopic (exact) mass is 221 g/mol. The first-order valence-corrected chi connectivity index (χ1v) is 6.39. The molecule has 1 aromatic rings. The summed E-state index contributed by atoms with van der Waals surface area (Å²) in [6, 6.07) is 0. The molecule has 2 fully saturated rings. The highest BCUT2D eigenvalue weighted by Crippen LogP contribution is 2.40. The molecule has 4 heteroatoms. The summed E-state index contributed by atoms with van der Waals surface area (Å²) in [4.78, 5) is 4.63. The van der Waals surface area contributed by atoms with E-state index in [1.54, 1.807) is 0 Å². The van der Waals surface area contributed by atoms with Crippen molar-refractivity contribution in [2.75, 3.05) is 13.1 Å². The molecular formula is C12H19N3O. The Bertz CT molecular complexity index is 364. The van der Waals surface area contributed by atoms with E-state index >= 15 is 0 Å². The van der Waals surface area contributed by atoms with E-state index < -0.39 is 0 Å². The molecule has 0 amide bonds. The van der Waals surface area contributed by atoms with Crippen molar-refractivity contribution >= 4 is 0 Å². The molecule has 0 radical (unpaired) electrons. The van der Waals surface area contributed by atoms with Crippen LogP contribution in [0.15, 0.2) is 4.52 Å². The highest BCUT2D eigenvalue weighted by molar-refractivity contribution is 5.13. The van der Waals surface area contributed by atoms with Crippen molar-refractivity contribution in [3.63, 3.8) is 0 Å². The molecule has 1 N–H and O–H groups in total. The maximum atomic E-state index is 5.50. The predicted molar refractivity (Wildman–Crippen MR) is 60.3 cm³/mol. The molecule has 1 atom stereocenters. The van der Waals surface area contributed by atoms with Gasteiger partial charge in [-0.1, -0.05) is 18.5 Å². The van der Waals surface area contributed by atoms with Gasteiger partial charge in [0.2, 0.25) is 5.89 Å². The second kappa shape index (κ2) is 3.84. The number of hydrogen-bond donors (Lipinski definition) is 1. The van der Waals surface area contributed by atoms with Gasteiger partial charge in [0.1, 0.15) is 0 Å². The van der Waals surface area contributed by atoms with Gasteiger partial charge in [-0.2, -0.15) is 4.98 Å². The van der Waals surface area contributed by atoms with Gasteiger partial charge in [0.15, 0.2) is 5.82 Å². The summed E-state index contributed by atoms with van der Waals surface area (Å²) in [6.07, 6.45) is 5.91. The van der Waals surface area contributed by atoms with Crippen molar-refractivity contribution in [3.05, 3.63) is 11.7 Å². The van der Waals surface area contributed by atoms with E-state index in [0.717, 1.165) is 37.6 Å². The molecule has 0 bridgehead atoms. The van der Waals surface area contributed by atoms with Gasteiger partial charge in [-0.3, -0.25) is 0 Å². The highest BCUT2D eigenvalue weighted by atomic mass is 16.5. The first kappa shape index (κ1) is 10.3. The zero-order valence-corrected chi connectivity index (χ0v) is 9.83. The van der Waals surface area contributed by atoms with Crippen LogP contribution in [0.25, 0.3) is 0 Å². The van der Waals surface area contributed by atoms with Crippen molar-refractivity contribution in [1.82, 2.24) is 15.5 Å². The molecule has 0 spiro atoms. The third kappa shape index (κ3) is 1.65. The molecule has 88 valence electrons. The quantitative estimate of drug-likeness (QED) is 0.844. The van der Waals surface area contributed by atoms with Crippen molar-refractivity contribution < 1.29 is 4.52 Å². The van der Waals surface area contributed by atoms with E-state index in [0.29, 0.717) is 5.92 Å². The number of nitrogens with one attached hydrogen (secondary N) is 1. The van der Waals surface area contributed by atoms with Crippen molar-refractivity contribution in [3.8, 4) is 0 Å². The van der Waals surface area contributed by atoms with E-state index in [4.69, 9.17) is 4.52 Å². The summed E-state index contributed by atoms with van der Waals surface area (Å²) in [6.45, 7) is 4.28. The molecule has 1 unspecified atom stereocenters. The van der Waals surface area contributed by atoms with Crippen LogP contribution < -0.4 is 5.32 Å². The van der Waals surface area contributed by atoms with Crippen LogP contribution in [-0.4, -0.2) is 23.2 Å². The van der Waals surface area contributed by atoms with Crippen molar-refractivity contribution in [2.24, 2.45) is 0 Å². The molecule has 1 aromatic heterocycles. The molecule has 16 heavy (non-hydrogen) atoms. The zero-order valence-electron chi connectivity index (χ0n) is 9.83. The second-order valence-electron chi connectivity index (χ2n) is 5.19. The fraction of sp³-hybridized carbons (Fsp3) is 0.833. The van der Waals surface area contributed by atoms with Gasteiger partial charge in [0.25, 0.3) is 0 Å². The molecule has 3 rings (SSSR count). The van der Waals surface area contributed by atoms with Crippen LogP contribution in [0.4, 0.5) is 0 Å². The normalized spacial score (nSPS) is 29.8. The third-order valence-electron chi connectivity index (χ3n) is 3.81. The van der Waals surface area contributed by atoms with Crippen LogP contribution in [0.3, 0.4) is 0 Å². The summed E-state index contributed by atoms with van der Waals surface area (Å²) in [7, 11) is 0. The lowest BCUT2D eigenvalue weighted by atomic mass is 9.82. The summed E-state index contributed by atoms with van der Waals surface area (Å²) in [5.74, 6) is 2.41. The largest absolute Gasteiger partial charge is 0.339 e. The summed E-state index contributed by atoms with van der Waals surface area (Å²) in [5.41, 5.74) is 0.120. The van der Waals surface area contributed by atoms with Gasteiger partial charge in [-0.15, -0.1) is 0 Å². The maximum absolute atomic E-state index is 5.50. The first-order chi connectivity index (χ1) is 7.84. The Morgan fingerprint density at radius 2 is 2.38 bits per heavy atom. The topological polar surface area (TPSA) is 51.0 Å². The van der Waals surface area contributed by atoms with Crippen LogP contribution >= 0.6 is 0 Å². The number of nitrogens with zero attached hydrogens (tertiary/aromatic N) is 2. The number of hydrogen-bond acceptors (Lipinski definition) is 4. The van der Waals surface area contributed by atoms with Crippen LogP contribution in [0.2, 0.25) is 0 Å². The molecule has 2 aliphatic rings. The van der Waals surface area contributed by atoms with Crippen LogP contribution in [0.1, 0.15) is 56.7 Å². The molecule has 1 saturated heterocycles. The minimum atomic E-state index is 0.120. The Morgan fingerprint density at radius 1 is 1.50 bits per heavy atom. The minimum absolute atomic E-state index is 0.120. The predicted octanol–water partition coefficient (Wildman–Crippen LogP) is 1.98. The maximum Gasteiger partial charge on any atom is 0.234 e. The lowest BCUT2D eigenvalue weighted by Gasteiger charge is -2.22. The molecule has 1 saturated carbocycles. The van der Waals surface area contributed by atoms with E-state index in [1.165, 1.54) is 19.3 Å². The summed E-state index contributed by atoms with van der Waals surface area (Å²) < 4.78 is 5.50. The SMILES string of the molecule is CCCC1(c2nc(C3CC3)no2)CCNC1. The Kier molecular flexibility index (Phi) is 2.46. The second-order valence-corrected chi connectivity index (χ2v) is 5.19. The van der Waals surface area contributed by atoms with Gasteiger partial charge >= 0.3 is 0 Å². The van der Waals surface area contributed by atoms with Gasteiger partial charge < -0.3 is 9.84 Å². The zero-order chi connectivity index (χ0) is 11.0. The van der Waals surface area contributed by atoms with E-state index in [1.807, 2.05) is 0 Å². The van der Waals surface area contributed by atoms with Gasteiger partial charge in [0, 0.05) is 12.5 Å². The average molecular weight is 221 g/mol. The Hall–Kier alpha value is -0.900. The van der Waals surface area contributed by atoms with Crippen LogP contribution in [0, 0.1) is 0 Å². The number of aromatic nitrogens is 2. The summed E-state index contributed by atoms with van der Waals surface area (Å²) >= 11 is 0. The Morgan fingerprint density at radius 3 is 3.00 bits per heavy atom. The van der Waals surface area contributed by atoms with E-state index in [-0.39, 0.29) is 5.41 Å². The van der Waals surface area contributed by atoms with Crippen LogP contribution in [0.5, 0.6) is 0 Å². The Balaban J connectivity index is 1.86. The Labute approximate surface area is 95.8 Å². The van der Waals surface area contributed by atoms with E-state index in [9.17, 15) is 0 Å². The number of rotatable bonds is 4. The smallest absolute Gasteiger partial charge is 0.234 e. The molecule has 1 aliphatic carbocycles. The van der Waals surface area contributed by atoms with Gasteiger partial charge in [-0.25, -0.2) is 0 Å². The van der Waals surface area contributed by atoms with E-state index in [2.05, 4.69) is 22.4 Å². The lowest BCUT2D eigenvalue weighted by Crippen LogP contribution is -2.29.